The van der Waals surface area contributed by atoms with E-state index in [2.05, 4.69) is 10.3 Å². The Balaban J connectivity index is 1.94. The number of benzene rings is 1. The van der Waals surface area contributed by atoms with Gasteiger partial charge < -0.3 is 9.73 Å². The molecule has 0 aliphatic carbocycles. The van der Waals surface area contributed by atoms with Crippen LogP contribution in [0.5, 0.6) is 0 Å². The Morgan fingerprint density at radius 3 is 2.80 bits per heavy atom. The summed E-state index contributed by atoms with van der Waals surface area (Å²) in [5.41, 5.74) is 1.32. The van der Waals surface area contributed by atoms with Crippen molar-refractivity contribution in [3.05, 3.63) is 39.7 Å². The van der Waals surface area contributed by atoms with Gasteiger partial charge in [0.2, 0.25) is 5.91 Å². The van der Waals surface area contributed by atoms with Crippen molar-refractivity contribution in [1.29, 1.82) is 0 Å². The summed E-state index contributed by atoms with van der Waals surface area (Å²) in [6.45, 7) is 3.69. The van der Waals surface area contributed by atoms with Crippen molar-refractivity contribution < 1.29 is 9.21 Å². The van der Waals surface area contributed by atoms with Crippen molar-refractivity contribution in [1.82, 2.24) is 4.98 Å². The summed E-state index contributed by atoms with van der Waals surface area (Å²) in [6.07, 6.45) is 0. The summed E-state index contributed by atoms with van der Waals surface area (Å²) in [5, 5.41) is 4.13. The van der Waals surface area contributed by atoms with E-state index in [1.165, 1.54) is 11.8 Å². The zero-order valence-electron chi connectivity index (χ0n) is 10.9. The smallest absolute Gasteiger partial charge is 0.256 e. The summed E-state index contributed by atoms with van der Waals surface area (Å²) in [6, 6.07) is 4.89. The molecule has 0 bridgehead atoms. The average molecular weight is 331 g/mol. The molecule has 20 heavy (non-hydrogen) atoms. The van der Waals surface area contributed by atoms with Crippen molar-refractivity contribution >= 4 is 46.6 Å². The normalized spacial score (nSPS) is 10.6. The molecular weight excluding hydrogens is 319 g/mol. The zero-order valence-corrected chi connectivity index (χ0v) is 13.2. The molecule has 1 heterocycles. The van der Waals surface area contributed by atoms with Crippen LogP contribution in [0.15, 0.2) is 27.8 Å². The van der Waals surface area contributed by atoms with Crippen LogP contribution in [0, 0.1) is 13.8 Å². The van der Waals surface area contributed by atoms with Gasteiger partial charge in [0.05, 0.1) is 22.2 Å². The van der Waals surface area contributed by atoms with Gasteiger partial charge >= 0.3 is 0 Å². The van der Waals surface area contributed by atoms with E-state index in [0.717, 1.165) is 11.5 Å². The molecular formula is C13H12Cl2N2O2S. The molecule has 7 heteroatoms. The van der Waals surface area contributed by atoms with Gasteiger partial charge in [0.15, 0.2) is 0 Å². The van der Waals surface area contributed by atoms with Gasteiger partial charge in [0.25, 0.3) is 5.22 Å². The highest BCUT2D eigenvalue weighted by molar-refractivity contribution is 7.99. The van der Waals surface area contributed by atoms with E-state index in [4.69, 9.17) is 27.6 Å². The number of anilines is 1. The lowest BCUT2D eigenvalue weighted by Crippen LogP contribution is -2.14. The van der Waals surface area contributed by atoms with Crippen molar-refractivity contribution in [2.45, 2.75) is 19.1 Å². The Hall–Kier alpha value is -1.17. The average Bonchev–Trinajstić information content (AvgIpc) is 2.71. The molecule has 0 aliphatic rings. The Kier molecular flexibility index (Phi) is 4.96. The summed E-state index contributed by atoms with van der Waals surface area (Å²) in [7, 11) is 0. The van der Waals surface area contributed by atoms with Crippen LogP contribution < -0.4 is 5.32 Å². The van der Waals surface area contributed by atoms with Crippen LogP contribution in [0.25, 0.3) is 0 Å². The number of nitrogens with one attached hydrogen (secondary N) is 1. The minimum Gasteiger partial charge on any atom is -0.437 e. The molecule has 1 amide bonds. The van der Waals surface area contributed by atoms with Gasteiger partial charge in [-0.25, -0.2) is 4.98 Å². The number of oxazole rings is 1. The number of amides is 1. The number of nitrogens with zero attached hydrogens (tertiary/aromatic N) is 1. The molecule has 0 radical (unpaired) electrons. The molecule has 2 rings (SSSR count). The lowest BCUT2D eigenvalue weighted by Gasteiger charge is -2.06. The molecule has 0 unspecified atom stereocenters. The second kappa shape index (κ2) is 6.52. The third-order valence-electron chi connectivity index (χ3n) is 2.54. The molecule has 1 aromatic heterocycles. The lowest BCUT2D eigenvalue weighted by molar-refractivity contribution is -0.113. The number of thioether (sulfide) groups is 1. The minimum atomic E-state index is -0.201. The van der Waals surface area contributed by atoms with Crippen molar-refractivity contribution in [3.8, 4) is 0 Å². The van der Waals surface area contributed by atoms with E-state index in [1.54, 1.807) is 18.2 Å². The van der Waals surface area contributed by atoms with Gasteiger partial charge in [-0.2, -0.15) is 0 Å². The van der Waals surface area contributed by atoms with Gasteiger partial charge in [-0.05, 0) is 32.0 Å². The molecule has 106 valence electrons. The highest BCUT2D eigenvalue weighted by atomic mass is 35.5. The van der Waals surface area contributed by atoms with Gasteiger partial charge in [0.1, 0.15) is 5.76 Å². The third kappa shape index (κ3) is 3.91. The number of carbonyl (C=O) groups is 1. The number of halogens is 2. The number of hydrogen-bond acceptors (Lipinski definition) is 4. The van der Waals surface area contributed by atoms with E-state index >= 15 is 0 Å². The molecule has 4 nitrogen and oxygen atoms in total. The summed E-state index contributed by atoms with van der Waals surface area (Å²) >= 11 is 13.1. The highest BCUT2D eigenvalue weighted by Crippen LogP contribution is 2.26. The van der Waals surface area contributed by atoms with Gasteiger partial charge in [-0.3, -0.25) is 4.79 Å². The summed E-state index contributed by atoms with van der Waals surface area (Å²) in [4.78, 5) is 16.0. The molecule has 0 spiro atoms. The topological polar surface area (TPSA) is 55.1 Å². The maximum absolute atomic E-state index is 11.8. The maximum Gasteiger partial charge on any atom is 0.256 e. The fourth-order valence-corrected chi connectivity index (χ4v) is 2.46. The Morgan fingerprint density at radius 2 is 2.15 bits per heavy atom. The van der Waals surface area contributed by atoms with E-state index in [1.807, 2.05) is 13.8 Å². The molecule has 0 fully saturated rings. The first kappa shape index (κ1) is 15.2. The standard InChI is InChI=1S/C13H12Cl2N2O2S/c1-7-8(2)19-13(16-7)20-6-12(18)17-11-5-9(14)3-4-10(11)15/h3-5H,6H2,1-2H3,(H,17,18). The van der Waals surface area contributed by atoms with Crippen LogP contribution >= 0.6 is 35.0 Å². The molecule has 1 aromatic carbocycles. The van der Waals surface area contributed by atoms with E-state index in [-0.39, 0.29) is 11.7 Å². The number of hydrogen-bond donors (Lipinski definition) is 1. The number of rotatable bonds is 4. The predicted molar refractivity (Wildman–Crippen MR) is 81.8 cm³/mol. The quantitative estimate of drug-likeness (QED) is 0.847. The van der Waals surface area contributed by atoms with Crippen molar-refractivity contribution in [3.63, 3.8) is 0 Å². The molecule has 2 aromatic rings. The molecule has 0 saturated carbocycles. The van der Waals surface area contributed by atoms with E-state index in [0.29, 0.717) is 21.0 Å². The van der Waals surface area contributed by atoms with Gasteiger partial charge in [-0.15, -0.1) is 0 Å². The van der Waals surface area contributed by atoms with Crippen LogP contribution in [0.3, 0.4) is 0 Å². The largest absolute Gasteiger partial charge is 0.437 e. The van der Waals surface area contributed by atoms with Gasteiger partial charge in [0, 0.05) is 5.02 Å². The number of aromatic nitrogens is 1. The van der Waals surface area contributed by atoms with Crippen molar-refractivity contribution in [2.75, 3.05) is 11.1 Å². The van der Waals surface area contributed by atoms with Crippen LogP contribution in [-0.2, 0) is 4.79 Å². The fraction of sp³-hybridized carbons (Fsp3) is 0.231. The van der Waals surface area contributed by atoms with Crippen LogP contribution in [0.2, 0.25) is 10.0 Å². The van der Waals surface area contributed by atoms with Crippen molar-refractivity contribution in [2.24, 2.45) is 0 Å². The first-order valence-corrected chi connectivity index (χ1v) is 7.51. The lowest BCUT2D eigenvalue weighted by atomic mass is 10.3. The van der Waals surface area contributed by atoms with Crippen LogP contribution in [-0.4, -0.2) is 16.6 Å². The third-order valence-corrected chi connectivity index (χ3v) is 3.93. The predicted octanol–water partition coefficient (Wildman–Crippen LogP) is 4.33. The molecule has 0 aliphatic heterocycles. The Labute approximate surface area is 130 Å². The second-order valence-electron chi connectivity index (χ2n) is 4.08. The molecule has 1 N–H and O–H groups in total. The summed E-state index contributed by atoms with van der Waals surface area (Å²) in [5.74, 6) is 0.737. The minimum absolute atomic E-state index is 0.183. The molecule has 0 saturated heterocycles. The fourth-order valence-electron chi connectivity index (χ4n) is 1.41. The highest BCUT2D eigenvalue weighted by Gasteiger charge is 2.11. The zero-order chi connectivity index (χ0) is 14.7. The SMILES string of the molecule is Cc1nc(SCC(=O)Nc2cc(Cl)ccc2Cl)oc1C. The summed E-state index contributed by atoms with van der Waals surface area (Å²) < 4.78 is 5.38. The van der Waals surface area contributed by atoms with Crippen LogP contribution in [0.4, 0.5) is 5.69 Å². The Bertz CT molecular complexity index is 624. The number of carbonyl (C=O) groups excluding carboxylic acids is 1. The van der Waals surface area contributed by atoms with Gasteiger partial charge in [-0.1, -0.05) is 35.0 Å². The Morgan fingerprint density at radius 1 is 1.40 bits per heavy atom. The monoisotopic (exact) mass is 330 g/mol. The first-order valence-electron chi connectivity index (χ1n) is 5.77. The maximum atomic E-state index is 11.8. The first-order chi connectivity index (χ1) is 9.45. The number of aryl methyl sites for hydroxylation is 2. The van der Waals surface area contributed by atoms with Crippen LogP contribution in [0.1, 0.15) is 11.5 Å². The van der Waals surface area contributed by atoms with E-state index < -0.39 is 0 Å². The van der Waals surface area contributed by atoms with E-state index in [9.17, 15) is 4.79 Å². The second-order valence-corrected chi connectivity index (χ2v) is 5.85. The molecule has 0 atom stereocenters.